The molecule has 0 saturated carbocycles. The van der Waals surface area contributed by atoms with E-state index >= 15 is 0 Å². The van der Waals surface area contributed by atoms with E-state index in [-0.39, 0.29) is 42.3 Å². The number of ketones is 1. The highest BCUT2D eigenvalue weighted by Crippen LogP contribution is 2.32. The van der Waals surface area contributed by atoms with Gasteiger partial charge in [0.25, 0.3) is 5.92 Å². The van der Waals surface area contributed by atoms with Crippen molar-refractivity contribution in [2.24, 2.45) is 10.9 Å². The van der Waals surface area contributed by atoms with Gasteiger partial charge in [0, 0.05) is 19.4 Å². The summed E-state index contributed by atoms with van der Waals surface area (Å²) in [5, 5.41) is 0. The standard InChI is InChI=1S/C29H35F2NO3/c1-6-29(30,31)24-16-12-11-15-23(17-18-24)26(32-5)19-25(28(34)35-7-2)27(33)21(4)20(3)22-13-9-8-10-14-22/h8-11,13-15,17-21H,6-7,12,16H2,1-5H3/b15-11-,23-17+,24-18+,25-19+,32-26+/t20?,21-/m0/s1. The van der Waals surface area contributed by atoms with Gasteiger partial charge in [-0.15, -0.1) is 0 Å². The summed E-state index contributed by atoms with van der Waals surface area (Å²) in [5.41, 5.74) is 1.81. The van der Waals surface area contributed by atoms with Gasteiger partial charge in [0.05, 0.1) is 12.3 Å². The van der Waals surface area contributed by atoms with E-state index in [1.54, 1.807) is 32.1 Å². The first-order chi connectivity index (χ1) is 16.7. The molecule has 4 nitrogen and oxygen atoms in total. The quantitative estimate of drug-likeness (QED) is 0.121. The van der Waals surface area contributed by atoms with Crippen molar-refractivity contribution in [2.75, 3.05) is 13.7 Å². The molecule has 0 aromatic heterocycles. The van der Waals surface area contributed by atoms with E-state index in [4.69, 9.17) is 4.74 Å². The van der Waals surface area contributed by atoms with Crippen molar-refractivity contribution in [1.82, 2.24) is 0 Å². The number of ether oxygens (including phenoxy) is 1. The minimum Gasteiger partial charge on any atom is -0.462 e. The number of benzene rings is 1. The van der Waals surface area contributed by atoms with E-state index in [2.05, 4.69) is 4.99 Å². The molecule has 6 heteroatoms. The Labute approximate surface area is 207 Å². The van der Waals surface area contributed by atoms with Crippen LogP contribution in [-0.2, 0) is 14.3 Å². The van der Waals surface area contributed by atoms with Gasteiger partial charge in [-0.1, -0.05) is 75.4 Å². The van der Waals surface area contributed by atoms with Crippen LogP contribution in [0.1, 0.15) is 58.4 Å². The van der Waals surface area contributed by atoms with Crippen LogP contribution in [0.3, 0.4) is 0 Å². The van der Waals surface area contributed by atoms with Gasteiger partial charge in [-0.3, -0.25) is 9.79 Å². The third-order valence-corrected chi connectivity index (χ3v) is 6.32. The summed E-state index contributed by atoms with van der Waals surface area (Å²) in [7, 11) is 1.54. The third kappa shape index (κ3) is 7.41. The van der Waals surface area contributed by atoms with Gasteiger partial charge in [0.15, 0.2) is 5.78 Å². The van der Waals surface area contributed by atoms with Gasteiger partial charge in [0.2, 0.25) is 0 Å². The van der Waals surface area contributed by atoms with Gasteiger partial charge in [-0.25, -0.2) is 13.6 Å². The molecule has 0 N–H and O–H groups in total. The van der Waals surface area contributed by atoms with Crippen molar-refractivity contribution >= 4 is 17.5 Å². The number of carbonyl (C=O) groups excluding carboxylic acids is 2. The Morgan fingerprint density at radius 2 is 1.83 bits per heavy atom. The van der Waals surface area contributed by atoms with Crippen LogP contribution in [-0.4, -0.2) is 37.0 Å². The Balaban J connectivity index is 2.48. The van der Waals surface area contributed by atoms with Crippen molar-refractivity contribution in [2.45, 2.75) is 58.8 Å². The lowest BCUT2D eigenvalue weighted by atomic mass is 9.83. The van der Waals surface area contributed by atoms with Gasteiger partial charge in [0.1, 0.15) is 5.57 Å². The van der Waals surface area contributed by atoms with Crippen molar-refractivity contribution < 1.29 is 23.1 Å². The number of nitrogens with zero attached hydrogens (tertiary/aromatic N) is 1. The molecule has 0 heterocycles. The minimum atomic E-state index is -2.89. The second kappa shape index (κ2) is 13.1. The van der Waals surface area contributed by atoms with Crippen LogP contribution >= 0.6 is 0 Å². The van der Waals surface area contributed by atoms with E-state index in [1.165, 1.54) is 26.1 Å². The number of esters is 1. The molecule has 2 rings (SSSR count). The molecule has 0 amide bonds. The maximum atomic E-state index is 14.3. The topological polar surface area (TPSA) is 55.7 Å². The normalized spacial score (nSPS) is 20.9. The zero-order chi connectivity index (χ0) is 26.0. The van der Waals surface area contributed by atoms with Crippen molar-refractivity contribution in [3.63, 3.8) is 0 Å². The van der Waals surface area contributed by atoms with Crippen LogP contribution in [0.4, 0.5) is 8.78 Å². The predicted molar refractivity (Wildman–Crippen MR) is 137 cm³/mol. The highest BCUT2D eigenvalue weighted by atomic mass is 19.3. The summed E-state index contributed by atoms with van der Waals surface area (Å²) in [6.45, 7) is 6.97. The molecule has 1 aliphatic rings. The van der Waals surface area contributed by atoms with Crippen molar-refractivity contribution in [3.05, 3.63) is 83.0 Å². The fraction of sp³-hybridized carbons (Fsp3) is 0.414. The van der Waals surface area contributed by atoms with Crippen LogP contribution in [0.2, 0.25) is 0 Å². The maximum Gasteiger partial charge on any atom is 0.341 e. The predicted octanol–water partition coefficient (Wildman–Crippen LogP) is 6.80. The Hall–Kier alpha value is -3.15. The summed E-state index contributed by atoms with van der Waals surface area (Å²) in [6.07, 6.45) is 8.42. The average Bonchev–Trinajstić information content (AvgIpc) is 2.84. The number of Topliss-reactive ketones (excluding diaryl/α,β-unsaturated/α-hetero) is 1. The van der Waals surface area contributed by atoms with E-state index in [1.807, 2.05) is 37.3 Å². The average molecular weight is 484 g/mol. The SMILES string of the molecule is CCOC(=O)/C(=C/C(=N\C)C1=C/C=C(/C(F)(F)CC)CC/C=C\1)C(=O)[C@@H](C)C(C)c1ccccc1. The molecular formula is C29H35F2NO3. The number of carbonyl (C=O) groups is 2. The molecule has 1 aromatic carbocycles. The molecule has 2 atom stereocenters. The number of hydrogen-bond acceptors (Lipinski definition) is 4. The molecule has 0 spiro atoms. The van der Waals surface area contributed by atoms with E-state index in [9.17, 15) is 18.4 Å². The van der Waals surface area contributed by atoms with Crippen LogP contribution in [0.25, 0.3) is 0 Å². The molecule has 0 fully saturated rings. The zero-order valence-electron chi connectivity index (χ0n) is 21.2. The molecule has 0 saturated heterocycles. The van der Waals surface area contributed by atoms with Crippen LogP contribution in [0.5, 0.6) is 0 Å². The first-order valence-corrected chi connectivity index (χ1v) is 12.1. The fourth-order valence-corrected chi connectivity index (χ4v) is 3.85. The van der Waals surface area contributed by atoms with E-state index in [0.29, 0.717) is 17.7 Å². The fourth-order valence-electron chi connectivity index (χ4n) is 3.85. The van der Waals surface area contributed by atoms with Gasteiger partial charge in [-0.2, -0.15) is 0 Å². The van der Waals surface area contributed by atoms with Crippen molar-refractivity contribution in [1.29, 1.82) is 0 Å². The Bertz CT molecular complexity index is 1050. The monoisotopic (exact) mass is 483 g/mol. The molecule has 1 unspecified atom stereocenters. The number of rotatable bonds is 10. The highest BCUT2D eigenvalue weighted by molar-refractivity contribution is 6.24. The minimum absolute atomic E-state index is 0.0493. The summed E-state index contributed by atoms with van der Waals surface area (Å²) >= 11 is 0. The molecule has 35 heavy (non-hydrogen) atoms. The number of allylic oxidation sites excluding steroid dienone is 7. The molecule has 0 radical (unpaired) electrons. The second-order valence-electron chi connectivity index (χ2n) is 8.55. The van der Waals surface area contributed by atoms with Crippen LogP contribution in [0.15, 0.2) is 82.4 Å². The molecule has 0 aliphatic heterocycles. The third-order valence-electron chi connectivity index (χ3n) is 6.32. The largest absolute Gasteiger partial charge is 0.462 e. The van der Waals surface area contributed by atoms with Gasteiger partial charge >= 0.3 is 5.97 Å². The summed E-state index contributed by atoms with van der Waals surface area (Å²) in [6, 6.07) is 9.61. The summed E-state index contributed by atoms with van der Waals surface area (Å²) in [5.74, 6) is -4.60. The van der Waals surface area contributed by atoms with Crippen LogP contribution < -0.4 is 0 Å². The number of halogens is 2. The summed E-state index contributed by atoms with van der Waals surface area (Å²) in [4.78, 5) is 30.6. The Morgan fingerprint density at radius 3 is 2.43 bits per heavy atom. The molecule has 188 valence electrons. The number of hydrogen-bond donors (Lipinski definition) is 0. The Morgan fingerprint density at radius 1 is 1.14 bits per heavy atom. The zero-order valence-corrected chi connectivity index (χ0v) is 21.2. The van der Waals surface area contributed by atoms with Crippen LogP contribution in [0, 0.1) is 5.92 Å². The lowest BCUT2D eigenvalue weighted by Gasteiger charge is -2.20. The molecule has 1 aliphatic carbocycles. The van der Waals surface area contributed by atoms with Gasteiger partial charge < -0.3 is 4.74 Å². The van der Waals surface area contributed by atoms with E-state index in [0.717, 1.165) is 5.56 Å². The highest BCUT2D eigenvalue weighted by Gasteiger charge is 2.31. The lowest BCUT2D eigenvalue weighted by Crippen LogP contribution is -2.26. The molecule has 0 bridgehead atoms. The number of aliphatic imine (C=N–C) groups is 1. The first-order valence-electron chi connectivity index (χ1n) is 12.1. The van der Waals surface area contributed by atoms with E-state index < -0.39 is 17.8 Å². The number of alkyl halides is 2. The molecule has 1 aromatic rings. The van der Waals surface area contributed by atoms with Gasteiger partial charge in [-0.05, 0) is 48.5 Å². The maximum absolute atomic E-state index is 14.3. The smallest absolute Gasteiger partial charge is 0.341 e. The second-order valence-corrected chi connectivity index (χ2v) is 8.55. The Kier molecular flexibility index (Phi) is 10.5. The first kappa shape index (κ1) is 28.1. The summed E-state index contributed by atoms with van der Waals surface area (Å²) < 4.78 is 33.8. The lowest BCUT2D eigenvalue weighted by molar-refractivity contribution is -0.140. The molecular weight excluding hydrogens is 448 g/mol. The van der Waals surface area contributed by atoms with Crippen molar-refractivity contribution in [3.8, 4) is 0 Å².